The van der Waals surface area contributed by atoms with Gasteiger partial charge in [0, 0.05) is 0 Å². The van der Waals surface area contributed by atoms with Crippen LogP contribution in [0.1, 0.15) is 0 Å². The van der Waals surface area contributed by atoms with Gasteiger partial charge in [-0.1, -0.05) is 12.2 Å². The number of aromatic nitrogens is 3. The maximum absolute atomic E-state index is 12.2. The SMILES string of the molecule is O=C1[C@@H]2[C@H](C(=O)N1n1cnnc1)[C@H]1C=C[C@@H]2O1. The number of imide groups is 1. The van der Waals surface area contributed by atoms with Crippen molar-refractivity contribution in [2.24, 2.45) is 11.8 Å². The zero-order valence-corrected chi connectivity index (χ0v) is 8.63. The Morgan fingerprint density at radius 1 is 1.00 bits per heavy atom. The van der Waals surface area contributed by atoms with E-state index in [0.717, 1.165) is 5.01 Å². The van der Waals surface area contributed by atoms with Crippen molar-refractivity contribution in [3.8, 4) is 0 Å². The van der Waals surface area contributed by atoms with Gasteiger partial charge in [0.2, 0.25) is 0 Å². The van der Waals surface area contributed by atoms with Crippen LogP contribution in [0.2, 0.25) is 0 Å². The van der Waals surface area contributed by atoms with Crippen LogP contribution in [0.25, 0.3) is 0 Å². The number of carbonyl (C=O) groups is 2. The van der Waals surface area contributed by atoms with Crippen molar-refractivity contribution < 1.29 is 14.3 Å². The molecule has 17 heavy (non-hydrogen) atoms. The number of nitrogens with zero attached hydrogens (tertiary/aromatic N) is 4. The van der Waals surface area contributed by atoms with Crippen LogP contribution >= 0.6 is 0 Å². The van der Waals surface area contributed by atoms with Crippen LogP contribution in [0, 0.1) is 11.8 Å². The summed E-state index contributed by atoms with van der Waals surface area (Å²) in [6.45, 7) is 0. The topological polar surface area (TPSA) is 77.3 Å². The molecule has 0 unspecified atom stereocenters. The number of hydrogen-bond donors (Lipinski definition) is 0. The van der Waals surface area contributed by atoms with Gasteiger partial charge >= 0.3 is 0 Å². The van der Waals surface area contributed by atoms with Gasteiger partial charge in [0.05, 0.1) is 24.0 Å². The van der Waals surface area contributed by atoms with Crippen LogP contribution in [0.5, 0.6) is 0 Å². The molecule has 3 aliphatic rings. The molecule has 4 atom stereocenters. The molecule has 2 bridgehead atoms. The summed E-state index contributed by atoms with van der Waals surface area (Å²) in [7, 11) is 0. The fourth-order valence-corrected chi connectivity index (χ4v) is 2.81. The smallest absolute Gasteiger partial charge is 0.255 e. The van der Waals surface area contributed by atoms with E-state index in [2.05, 4.69) is 10.2 Å². The number of amides is 2. The molecule has 3 aliphatic heterocycles. The molecule has 7 nitrogen and oxygen atoms in total. The summed E-state index contributed by atoms with van der Waals surface area (Å²) in [6.07, 6.45) is 5.87. The van der Waals surface area contributed by atoms with Gasteiger partial charge in [-0.15, -0.1) is 10.2 Å². The van der Waals surface area contributed by atoms with Gasteiger partial charge in [0.1, 0.15) is 12.7 Å². The van der Waals surface area contributed by atoms with Crippen molar-refractivity contribution in [1.82, 2.24) is 14.9 Å². The third kappa shape index (κ3) is 0.949. The highest BCUT2D eigenvalue weighted by Gasteiger charge is 2.61. The maximum Gasteiger partial charge on any atom is 0.255 e. The normalized spacial score (nSPS) is 38.2. The van der Waals surface area contributed by atoms with Crippen LogP contribution in [0.3, 0.4) is 0 Å². The fourth-order valence-electron chi connectivity index (χ4n) is 2.81. The summed E-state index contributed by atoms with van der Waals surface area (Å²) >= 11 is 0. The summed E-state index contributed by atoms with van der Waals surface area (Å²) in [5, 5.41) is 8.31. The van der Waals surface area contributed by atoms with Gasteiger partial charge in [-0.05, 0) is 0 Å². The van der Waals surface area contributed by atoms with Crippen LogP contribution < -0.4 is 5.01 Å². The average Bonchev–Trinajstić information content (AvgIpc) is 3.03. The first-order valence-corrected chi connectivity index (χ1v) is 5.34. The fraction of sp³-hybridized carbons (Fsp3) is 0.400. The Kier molecular flexibility index (Phi) is 1.49. The van der Waals surface area contributed by atoms with E-state index in [4.69, 9.17) is 4.74 Å². The van der Waals surface area contributed by atoms with Gasteiger partial charge in [0.15, 0.2) is 0 Å². The summed E-state index contributed by atoms with van der Waals surface area (Å²) in [5.41, 5.74) is 0. The van der Waals surface area contributed by atoms with Crippen molar-refractivity contribution in [3.63, 3.8) is 0 Å². The van der Waals surface area contributed by atoms with E-state index in [1.165, 1.54) is 17.3 Å². The van der Waals surface area contributed by atoms with Crippen molar-refractivity contribution in [2.45, 2.75) is 12.2 Å². The van der Waals surface area contributed by atoms with Crippen molar-refractivity contribution >= 4 is 11.8 Å². The third-order valence-corrected chi connectivity index (χ3v) is 3.52. The second-order valence-electron chi connectivity index (χ2n) is 4.33. The predicted molar refractivity (Wildman–Crippen MR) is 53.0 cm³/mol. The Morgan fingerprint density at radius 3 is 2.06 bits per heavy atom. The standard InChI is InChI=1S/C10H8N4O3/c15-9-7-5-1-2-6(17-5)8(7)10(16)14(9)13-3-11-12-4-13/h1-8H/t5-,6+,7-,8+. The molecule has 86 valence electrons. The van der Waals surface area contributed by atoms with E-state index in [9.17, 15) is 9.59 Å². The van der Waals surface area contributed by atoms with E-state index < -0.39 is 0 Å². The molecule has 0 aromatic carbocycles. The summed E-state index contributed by atoms with van der Waals surface area (Å²) in [6, 6.07) is 0. The van der Waals surface area contributed by atoms with Crippen LogP contribution in [-0.2, 0) is 14.3 Å². The molecule has 0 aliphatic carbocycles. The molecular weight excluding hydrogens is 224 g/mol. The molecule has 0 saturated carbocycles. The molecule has 2 saturated heterocycles. The molecule has 0 N–H and O–H groups in total. The lowest BCUT2D eigenvalue weighted by atomic mass is 9.85. The average molecular weight is 232 g/mol. The zero-order valence-electron chi connectivity index (χ0n) is 8.63. The lowest BCUT2D eigenvalue weighted by Gasteiger charge is -2.16. The lowest BCUT2D eigenvalue weighted by Crippen LogP contribution is -2.42. The lowest BCUT2D eigenvalue weighted by molar-refractivity contribution is -0.127. The molecule has 7 heteroatoms. The molecule has 1 aromatic heterocycles. The number of hydrogen-bond acceptors (Lipinski definition) is 5. The van der Waals surface area contributed by atoms with Crippen LogP contribution in [0.4, 0.5) is 0 Å². The van der Waals surface area contributed by atoms with Crippen molar-refractivity contribution in [3.05, 3.63) is 24.8 Å². The Bertz CT molecular complexity index is 508. The first kappa shape index (κ1) is 9.06. The maximum atomic E-state index is 12.2. The van der Waals surface area contributed by atoms with Gasteiger partial charge in [-0.3, -0.25) is 9.59 Å². The highest BCUT2D eigenvalue weighted by atomic mass is 16.5. The quantitative estimate of drug-likeness (QED) is 0.451. The minimum absolute atomic E-state index is 0.239. The Morgan fingerprint density at radius 2 is 1.53 bits per heavy atom. The third-order valence-electron chi connectivity index (χ3n) is 3.52. The van der Waals surface area contributed by atoms with Crippen molar-refractivity contribution in [2.75, 3.05) is 5.01 Å². The minimum Gasteiger partial charge on any atom is -0.365 e. The van der Waals surface area contributed by atoms with E-state index in [1.54, 1.807) is 0 Å². The Labute approximate surface area is 95.6 Å². The van der Waals surface area contributed by atoms with Crippen LogP contribution in [0.15, 0.2) is 24.8 Å². The van der Waals surface area contributed by atoms with Gasteiger partial charge in [-0.25, -0.2) is 4.68 Å². The van der Waals surface area contributed by atoms with E-state index >= 15 is 0 Å². The van der Waals surface area contributed by atoms with Gasteiger partial charge in [0.25, 0.3) is 11.8 Å². The predicted octanol–water partition coefficient (Wildman–Crippen LogP) is -1.15. The van der Waals surface area contributed by atoms with Crippen molar-refractivity contribution in [1.29, 1.82) is 0 Å². The second-order valence-corrected chi connectivity index (χ2v) is 4.33. The summed E-state index contributed by atoms with van der Waals surface area (Å²) < 4.78 is 6.85. The molecule has 0 radical (unpaired) electrons. The molecule has 2 amide bonds. The van der Waals surface area contributed by atoms with E-state index in [-0.39, 0.29) is 35.9 Å². The first-order valence-electron chi connectivity index (χ1n) is 5.34. The number of rotatable bonds is 1. The molecule has 4 rings (SSSR count). The first-order chi connectivity index (χ1) is 8.27. The minimum atomic E-state index is -0.389. The molecule has 0 spiro atoms. The number of ether oxygens (including phenoxy) is 1. The Balaban J connectivity index is 1.79. The molecule has 2 fully saturated rings. The zero-order chi connectivity index (χ0) is 11.6. The molecular formula is C10H8N4O3. The second kappa shape index (κ2) is 2.80. The number of carbonyl (C=O) groups excluding carboxylic acids is 2. The van der Waals surface area contributed by atoms with E-state index in [1.807, 2.05) is 12.2 Å². The Hall–Kier alpha value is -2.02. The molecule has 4 heterocycles. The highest BCUT2D eigenvalue weighted by molar-refractivity contribution is 6.17. The monoisotopic (exact) mass is 232 g/mol. The van der Waals surface area contributed by atoms with Gasteiger partial charge in [-0.2, -0.15) is 5.01 Å². The number of fused-ring (bicyclic) bond motifs is 5. The summed E-state index contributed by atoms with van der Waals surface area (Å²) in [5.74, 6) is -1.26. The highest BCUT2D eigenvalue weighted by Crippen LogP contribution is 2.44. The van der Waals surface area contributed by atoms with E-state index in [0.29, 0.717) is 0 Å². The summed E-state index contributed by atoms with van der Waals surface area (Å²) in [4.78, 5) is 24.4. The van der Waals surface area contributed by atoms with Crippen LogP contribution in [-0.4, -0.2) is 38.9 Å². The largest absolute Gasteiger partial charge is 0.365 e. The molecule has 1 aromatic rings. The van der Waals surface area contributed by atoms with Gasteiger partial charge < -0.3 is 4.74 Å².